The molecule has 2 aromatic heterocycles. The second kappa shape index (κ2) is 8.74. The number of allylic oxidation sites excluding steroid dienone is 6. The minimum Gasteiger partial charge on any atom is -0.380 e. The Morgan fingerprint density at radius 1 is 1.22 bits per heavy atom. The van der Waals surface area contributed by atoms with Gasteiger partial charge in [-0.3, -0.25) is 14.5 Å². The predicted molar refractivity (Wildman–Crippen MR) is 115 cm³/mol. The second-order valence-electron chi connectivity index (χ2n) is 7.64. The molecule has 2 aromatic rings. The highest BCUT2D eigenvalue weighted by atomic mass is 19.4. The first kappa shape index (κ1) is 22.0. The Morgan fingerprint density at radius 2 is 2.03 bits per heavy atom. The van der Waals surface area contributed by atoms with Crippen LogP contribution in [0.25, 0.3) is 16.5 Å². The van der Waals surface area contributed by atoms with Gasteiger partial charge in [-0.25, -0.2) is 0 Å². The van der Waals surface area contributed by atoms with Gasteiger partial charge in [-0.1, -0.05) is 31.4 Å². The Labute approximate surface area is 183 Å². The molecule has 0 N–H and O–H groups in total. The Kier molecular flexibility index (Phi) is 6.01. The molecule has 0 radical (unpaired) electrons. The number of halogens is 3. The molecule has 1 aliphatic heterocycles. The molecule has 1 amide bonds. The van der Waals surface area contributed by atoms with Crippen molar-refractivity contribution in [1.29, 1.82) is 0 Å². The third-order valence-electron chi connectivity index (χ3n) is 5.56. The third-order valence-corrected chi connectivity index (χ3v) is 5.56. The first-order chi connectivity index (χ1) is 15.3. The summed E-state index contributed by atoms with van der Waals surface area (Å²) in [5.41, 5.74) is 3.07. The number of carbonyl (C=O) groups excluding carboxylic acids is 1. The van der Waals surface area contributed by atoms with Crippen LogP contribution in [0.3, 0.4) is 0 Å². The summed E-state index contributed by atoms with van der Waals surface area (Å²) in [5, 5.41) is 4.72. The summed E-state index contributed by atoms with van der Waals surface area (Å²) < 4.78 is 46.1. The maximum atomic E-state index is 13.3. The zero-order valence-corrected chi connectivity index (χ0v) is 17.5. The van der Waals surface area contributed by atoms with Crippen molar-refractivity contribution in [2.45, 2.75) is 25.6 Å². The van der Waals surface area contributed by atoms with E-state index in [4.69, 9.17) is 4.74 Å². The molecular formula is C23H23F3N4O2. The number of pyridine rings is 1. The summed E-state index contributed by atoms with van der Waals surface area (Å²) in [6, 6.07) is 1.40. The van der Waals surface area contributed by atoms with Crippen molar-refractivity contribution >= 4 is 22.4 Å². The highest BCUT2D eigenvalue weighted by Crippen LogP contribution is 2.38. The van der Waals surface area contributed by atoms with Gasteiger partial charge in [-0.05, 0) is 30.1 Å². The van der Waals surface area contributed by atoms with Crippen LogP contribution in [0.15, 0.2) is 54.8 Å². The van der Waals surface area contributed by atoms with E-state index in [1.807, 2.05) is 6.08 Å². The Bertz CT molecular complexity index is 1140. The van der Waals surface area contributed by atoms with Crippen LogP contribution in [0.4, 0.5) is 13.2 Å². The summed E-state index contributed by atoms with van der Waals surface area (Å²) in [5.74, 6) is -0.334. The number of nitrogens with zero attached hydrogens (tertiary/aromatic N) is 4. The Morgan fingerprint density at radius 3 is 2.75 bits per heavy atom. The van der Waals surface area contributed by atoms with Crippen LogP contribution < -0.4 is 0 Å². The van der Waals surface area contributed by atoms with Gasteiger partial charge >= 0.3 is 6.18 Å². The number of hydrogen-bond acceptors (Lipinski definition) is 4. The zero-order chi connectivity index (χ0) is 22.9. The maximum absolute atomic E-state index is 13.3. The monoisotopic (exact) mass is 444 g/mol. The van der Waals surface area contributed by atoms with E-state index in [0.717, 1.165) is 15.8 Å². The summed E-state index contributed by atoms with van der Waals surface area (Å²) >= 11 is 0. The maximum Gasteiger partial charge on any atom is 0.408 e. The summed E-state index contributed by atoms with van der Waals surface area (Å²) in [6.07, 6.45) is 3.49. The SMILES string of the molecule is C=CC1=C(C=C)C(c2nn(CC(F)(F)F)c3cc(C(=O)N4CCCOCC4)ncc23)=CC1. The lowest BCUT2D eigenvalue weighted by molar-refractivity contribution is -0.141. The van der Waals surface area contributed by atoms with Crippen LogP contribution in [0.5, 0.6) is 0 Å². The molecule has 0 saturated carbocycles. The summed E-state index contributed by atoms with van der Waals surface area (Å²) in [6.45, 7) is 8.25. The minimum absolute atomic E-state index is 0.0842. The number of amides is 1. The summed E-state index contributed by atoms with van der Waals surface area (Å²) in [7, 11) is 0. The quantitative estimate of drug-likeness (QED) is 0.690. The highest BCUT2D eigenvalue weighted by Gasteiger charge is 2.31. The van der Waals surface area contributed by atoms with E-state index in [1.54, 1.807) is 17.1 Å². The predicted octanol–water partition coefficient (Wildman–Crippen LogP) is 4.31. The topological polar surface area (TPSA) is 60.2 Å². The molecule has 9 heteroatoms. The standard InChI is InChI=1S/C23H23F3N4O2/c1-3-15-6-7-17(16(15)4-2)21-18-13-27-19(22(31)29-8-5-10-32-11-9-29)12-20(18)30(28-21)14-23(24,25)26/h3-4,7,12-13H,1-2,5-6,8-11,14H2. The zero-order valence-electron chi connectivity index (χ0n) is 17.5. The molecule has 1 fully saturated rings. The molecule has 0 unspecified atom stereocenters. The van der Waals surface area contributed by atoms with Crippen molar-refractivity contribution in [2.24, 2.45) is 0 Å². The van der Waals surface area contributed by atoms with Gasteiger partial charge < -0.3 is 9.64 Å². The van der Waals surface area contributed by atoms with Crippen molar-refractivity contribution in [3.63, 3.8) is 0 Å². The lowest BCUT2D eigenvalue weighted by Crippen LogP contribution is -2.33. The fraction of sp³-hybridized carbons (Fsp3) is 0.348. The van der Waals surface area contributed by atoms with Gasteiger partial charge in [0.2, 0.25) is 0 Å². The van der Waals surface area contributed by atoms with Gasteiger partial charge in [0.1, 0.15) is 17.9 Å². The fourth-order valence-electron chi connectivity index (χ4n) is 4.05. The number of ether oxygens (including phenoxy) is 1. The van der Waals surface area contributed by atoms with Crippen LogP contribution in [0.2, 0.25) is 0 Å². The van der Waals surface area contributed by atoms with Gasteiger partial charge in [-0.15, -0.1) is 0 Å². The number of hydrogen-bond donors (Lipinski definition) is 0. The van der Waals surface area contributed by atoms with Crippen LogP contribution >= 0.6 is 0 Å². The lowest BCUT2D eigenvalue weighted by atomic mass is 10.0. The molecule has 168 valence electrons. The Hall–Kier alpha value is -3.20. The highest BCUT2D eigenvalue weighted by molar-refractivity contribution is 6.00. The van der Waals surface area contributed by atoms with Gasteiger partial charge in [0, 0.05) is 36.9 Å². The smallest absolute Gasteiger partial charge is 0.380 e. The lowest BCUT2D eigenvalue weighted by Gasteiger charge is -2.19. The van der Waals surface area contributed by atoms with E-state index in [9.17, 15) is 18.0 Å². The van der Waals surface area contributed by atoms with Gasteiger partial charge in [0.15, 0.2) is 0 Å². The second-order valence-corrected chi connectivity index (χ2v) is 7.64. The molecule has 4 rings (SSSR count). The minimum atomic E-state index is -4.47. The van der Waals surface area contributed by atoms with Crippen molar-refractivity contribution in [1.82, 2.24) is 19.7 Å². The van der Waals surface area contributed by atoms with E-state index < -0.39 is 12.7 Å². The number of alkyl halides is 3. The van der Waals surface area contributed by atoms with Crippen LogP contribution in [0, 0.1) is 0 Å². The van der Waals surface area contributed by atoms with Gasteiger partial charge in [-0.2, -0.15) is 18.3 Å². The molecule has 0 spiro atoms. The van der Waals surface area contributed by atoms with Crippen LogP contribution in [0.1, 0.15) is 29.0 Å². The fourth-order valence-corrected chi connectivity index (χ4v) is 4.05. The number of rotatable bonds is 5. The van der Waals surface area contributed by atoms with Crippen molar-refractivity contribution in [3.8, 4) is 0 Å². The molecule has 2 aliphatic rings. The molecule has 6 nitrogen and oxygen atoms in total. The molecule has 1 saturated heterocycles. The van der Waals surface area contributed by atoms with E-state index in [0.29, 0.717) is 55.8 Å². The van der Waals surface area contributed by atoms with E-state index in [2.05, 4.69) is 23.2 Å². The normalized spacial score (nSPS) is 17.5. The summed E-state index contributed by atoms with van der Waals surface area (Å²) in [4.78, 5) is 18.8. The van der Waals surface area contributed by atoms with E-state index in [1.165, 1.54) is 12.3 Å². The molecule has 0 atom stereocenters. The van der Waals surface area contributed by atoms with Gasteiger partial charge in [0.25, 0.3) is 5.91 Å². The average molecular weight is 444 g/mol. The van der Waals surface area contributed by atoms with Crippen LogP contribution in [-0.4, -0.2) is 58.1 Å². The molecule has 1 aliphatic carbocycles. The van der Waals surface area contributed by atoms with Crippen molar-refractivity contribution < 1.29 is 22.7 Å². The van der Waals surface area contributed by atoms with E-state index >= 15 is 0 Å². The largest absolute Gasteiger partial charge is 0.408 e. The Balaban J connectivity index is 1.80. The molecule has 3 heterocycles. The van der Waals surface area contributed by atoms with Crippen LogP contribution in [-0.2, 0) is 11.3 Å². The molecule has 0 bridgehead atoms. The first-order valence-corrected chi connectivity index (χ1v) is 10.3. The number of aromatic nitrogens is 3. The van der Waals surface area contributed by atoms with E-state index in [-0.39, 0.29) is 17.1 Å². The molecular weight excluding hydrogens is 421 g/mol. The van der Waals surface area contributed by atoms with Crippen molar-refractivity contribution in [3.05, 3.63) is 66.2 Å². The van der Waals surface area contributed by atoms with Crippen molar-refractivity contribution in [2.75, 3.05) is 26.3 Å². The third kappa shape index (κ3) is 4.25. The molecule has 32 heavy (non-hydrogen) atoms. The number of carbonyl (C=O) groups is 1. The molecule has 0 aromatic carbocycles. The first-order valence-electron chi connectivity index (χ1n) is 10.3. The number of fused-ring (bicyclic) bond motifs is 1. The van der Waals surface area contributed by atoms with Gasteiger partial charge in [0.05, 0.1) is 12.1 Å². The average Bonchev–Trinajstić information content (AvgIpc) is 3.20.